The molecule has 1 atom stereocenters. The number of rotatable bonds is 1. The molecule has 0 spiro atoms. The van der Waals surface area contributed by atoms with Gasteiger partial charge in [0.15, 0.2) is 0 Å². The van der Waals surface area contributed by atoms with Crippen molar-refractivity contribution < 1.29 is 4.79 Å². The molecular weight excluding hydrogens is 198 g/mol. The van der Waals surface area contributed by atoms with Gasteiger partial charge in [-0.3, -0.25) is 4.79 Å². The molecule has 0 aliphatic carbocycles. The third-order valence-electron chi connectivity index (χ3n) is 2.65. The van der Waals surface area contributed by atoms with Gasteiger partial charge in [-0.05, 0) is 30.2 Å². The standard InChI is InChI=1S/C11H12ClNO/c1-7-4-9(12)2-3-10(7)8-5-11(14)13-6-8/h2-4,8H,5-6H2,1H3,(H,13,14). The van der Waals surface area contributed by atoms with E-state index in [-0.39, 0.29) is 5.91 Å². The Balaban J connectivity index is 2.28. The molecule has 1 heterocycles. The van der Waals surface area contributed by atoms with Gasteiger partial charge in [0.1, 0.15) is 0 Å². The van der Waals surface area contributed by atoms with Crippen molar-refractivity contribution in [2.45, 2.75) is 19.3 Å². The second kappa shape index (κ2) is 3.62. The maximum atomic E-state index is 11.1. The van der Waals surface area contributed by atoms with Crippen molar-refractivity contribution in [3.8, 4) is 0 Å². The summed E-state index contributed by atoms with van der Waals surface area (Å²) in [5, 5.41) is 3.59. The van der Waals surface area contributed by atoms with Gasteiger partial charge in [0.25, 0.3) is 0 Å². The van der Waals surface area contributed by atoms with E-state index < -0.39 is 0 Å². The Morgan fingerprint density at radius 3 is 2.86 bits per heavy atom. The molecule has 1 amide bonds. The van der Waals surface area contributed by atoms with Gasteiger partial charge < -0.3 is 5.32 Å². The van der Waals surface area contributed by atoms with Gasteiger partial charge in [0.2, 0.25) is 5.91 Å². The summed E-state index contributed by atoms with van der Waals surface area (Å²) in [7, 11) is 0. The molecule has 1 fully saturated rings. The van der Waals surface area contributed by atoms with E-state index in [0.717, 1.165) is 11.6 Å². The van der Waals surface area contributed by atoms with Crippen LogP contribution < -0.4 is 5.32 Å². The molecule has 1 N–H and O–H groups in total. The Kier molecular flexibility index (Phi) is 2.46. The van der Waals surface area contributed by atoms with Crippen LogP contribution in [0, 0.1) is 6.92 Å². The summed E-state index contributed by atoms with van der Waals surface area (Å²) in [6.07, 6.45) is 0.600. The van der Waals surface area contributed by atoms with Gasteiger partial charge in [0, 0.05) is 23.9 Å². The lowest BCUT2D eigenvalue weighted by Crippen LogP contribution is -2.13. The van der Waals surface area contributed by atoms with Crippen molar-refractivity contribution in [2.75, 3.05) is 6.54 Å². The number of hydrogen-bond acceptors (Lipinski definition) is 1. The Labute approximate surface area is 88.3 Å². The summed E-state index contributed by atoms with van der Waals surface area (Å²) in [5.74, 6) is 0.462. The number of aryl methyl sites for hydroxylation is 1. The average molecular weight is 210 g/mol. The molecule has 74 valence electrons. The molecular formula is C11H12ClNO. The van der Waals surface area contributed by atoms with Crippen LogP contribution in [0.4, 0.5) is 0 Å². The summed E-state index contributed by atoms with van der Waals surface area (Å²) in [5.41, 5.74) is 2.40. The van der Waals surface area contributed by atoms with Gasteiger partial charge in [0.05, 0.1) is 0 Å². The Morgan fingerprint density at radius 1 is 1.50 bits per heavy atom. The van der Waals surface area contributed by atoms with Crippen LogP contribution in [0.1, 0.15) is 23.5 Å². The SMILES string of the molecule is Cc1cc(Cl)ccc1C1CNC(=O)C1. The van der Waals surface area contributed by atoms with Crippen molar-refractivity contribution in [2.24, 2.45) is 0 Å². The fraction of sp³-hybridized carbons (Fsp3) is 0.364. The highest BCUT2D eigenvalue weighted by molar-refractivity contribution is 6.30. The molecule has 3 heteroatoms. The van der Waals surface area contributed by atoms with Crippen molar-refractivity contribution in [1.82, 2.24) is 5.32 Å². The quantitative estimate of drug-likeness (QED) is 0.755. The lowest BCUT2D eigenvalue weighted by molar-refractivity contribution is -0.119. The van der Waals surface area contributed by atoms with E-state index in [2.05, 4.69) is 5.32 Å². The lowest BCUT2D eigenvalue weighted by Gasteiger charge is -2.11. The van der Waals surface area contributed by atoms with Crippen LogP contribution in [0.5, 0.6) is 0 Å². The van der Waals surface area contributed by atoms with Crippen LogP contribution in [0.3, 0.4) is 0 Å². The van der Waals surface area contributed by atoms with Crippen LogP contribution in [-0.4, -0.2) is 12.5 Å². The third-order valence-corrected chi connectivity index (χ3v) is 2.88. The highest BCUT2D eigenvalue weighted by atomic mass is 35.5. The molecule has 0 saturated carbocycles. The van der Waals surface area contributed by atoms with Crippen molar-refractivity contribution in [3.63, 3.8) is 0 Å². The minimum Gasteiger partial charge on any atom is -0.355 e. The Morgan fingerprint density at radius 2 is 2.29 bits per heavy atom. The summed E-state index contributed by atoms with van der Waals surface area (Å²) in [4.78, 5) is 11.1. The molecule has 0 aromatic heterocycles. The minimum atomic E-state index is 0.143. The summed E-state index contributed by atoms with van der Waals surface area (Å²) in [6.45, 7) is 2.78. The second-order valence-electron chi connectivity index (χ2n) is 3.71. The number of hydrogen-bond donors (Lipinski definition) is 1. The maximum Gasteiger partial charge on any atom is 0.220 e. The monoisotopic (exact) mass is 209 g/mol. The number of amides is 1. The number of benzene rings is 1. The summed E-state index contributed by atoms with van der Waals surface area (Å²) < 4.78 is 0. The van der Waals surface area contributed by atoms with Crippen LogP contribution in [-0.2, 0) is 4.79 Å². The first kappa shape index (κ1) is 9.53. The van der Waals surface area contributed by atoms with E-state index in [1.54, 1.807) is 0 Å². The largest absolute Gasteiger partial charge is 0.355 e. The topological polar surface area (TPSA) is 29.1 Å². The zero-order valence-electron chi connectivity index (χ0n) is 8.01. The first-order chi connectivity index (χ1) is 6.66. The van der Waals surface area contributed by atoms with E-state index >= 15 is 0 Å². The van der Waals surface area contributed by atoms with Gasteiger partial charge in [-0.2, -0.15) is 0 Å². The van der Waals surface area contributed by atoms with Crippen LogP contribution in [0.2, 0.25) is 5.02 Å². The average Bonchev–Trinajstić information content (AvgIpc) is 2.51. The van der Waals surface area contributed by atoms with Crippen molar-refractivity contribution in [3.05, 3.63) is 34.3 Å². The normalized spacial score (nSPS) is 21.0. The molecule has 1 aromatic carbocycles. The molecule has 2 rings (SSSR count). The smallest absolute Gasteiger partial charge is 0.220 e. The molecule has 2 nitrogen and oxygen atoms in total. The van der Waals surface area contributed by atoms with Gasteiger partial charge in [-0.1, -0.05) is 17.7 Å². The number of halogens is 1. The predicted molar refractivity (Wildman–Crippen MR) is 56.6 cm³/mol. The molecule has 0 radical (unpaired) electrons. The highest BCUT2D eigenvalue weighted by Gasteiger charge is 2.23. The van der Waals surface area contributed by atoms with Gasteiger partial charge >= 0.3 is 0 Å². The van der Waals surface area contributed by atoms with Crippen LogP contribution >= 0.6 is 11.6 Å². The first-order valence-corrected chi connectivity index (χ1v) is 5.07. The zero-order chi connectivity index (χ0) is 10.1. The fourth-order valence-electron chi connectivity index (χ4n) is 1.92. The van der Waals surface area contributed by atoms with E-state index in [1.807, 2.05) is 25.1 Å². The molecule has 1 unspecified atom stereocenters. The molecule has 1 aliphatic heterocycles. The molecule has 14 heavy (non-hydrogen) atoms. The molecule has 1 aromatic rings. The van der Waals surface area contributed by atoms with E-state index in [4.69, 9.17) is 11.6 Å². The lowest BCUT2D eigenvalue weighted by atomic mass is 9.94. The fourth-order valence-corrected chi connectivity index (χ4v) is 2.15. The maximum absolute atomic E-state index is 11.1. The Bertz CT molecular complexity index is 376. The highest BCUT2D eigenvalue weighted by Crippen LogP contribution is 2.27. The number of carbonyl (C=O) groups excluding carboxylic acids is 1. The molecule has 1 aliphatic rings. The van der Waals surface area contributed by atoms with E-state index in [9.17, 15) is 4.79 Å². The van der Waals surface area contributed by atoms with E-state index in [0.29, 0.717) is 12.3 Å². The van der Waals surface area contributed by atoms with Crippen LogP contribution in [0.25, 0.3) is 0 Å². The van der Waals surface area contributed by atoms with Gasteiger partial charge in [-0.15, -0.1) is 0 Å². The van der Waals surface area contributed by atoms with Crippen LogP contribution in [0.15, 0.2) is 18.2 Å². The van der Waals surface area contributed by atoms with Gasteiger partial charge in [-0.25, -0.2) is 0 Å². The summed E-state index contributed by atoms with van der Waals surface area (Å²) in [6, 6.07) is 5.84. The van der Waals surface area contributed by atoms with Crippen molar-refractivity contribution >= 4 is 17.5 Å². The minimum absolute atomic E-state index is 0.143. The zero-order valence-corrected chi connectivity index (χ0v) is 8.77. The Hall–Kier alpha value is -1.02. The number of carbonyl (C=O) groups is 1. The predicted octanol–water partition coefficient (Wildman–Crippen LogP) is 2.25. The second-order valence-corrected chi connectivity index (χ2v) is 4.14. The van der Waals surface area contributed by atoms with Crippen molar-refractivity contribution in [1.29, 1.82) is 0 Å². The van der Waals surface area contributed by atoms with E-state index in [1.165, 1.54) is 11.1 Å². The third kappa shape index (κ3) is 1.75. The molecule has 0 bridgehead atoms. The summed E-state index contributed by atoms with van der Waals surface area (Å²) >= 11 is 5.87. The molecule has 1 saturated heterocycles. The first-order valence-electron chi connectivity index (χ1n) is 4.69. The number of nitrogens with one attached hydrogen (secondary N) is 1.